The van der Waals surface area contributed by atoms with Gasteiger partial charge in [0.25, 0.3) is 5.91 Å². The zero-order valence-electron chi connectivity index (χ0n) is 19.8. The van der Waals surface area contributed by atoms with Crippen molar-refractivity contribution < 1.29 is 22.4 Å². The molecule has 1 saturated heterocycles. The van der Waals surface area contributed by atoms with E-state index >= 15 is 0 Å². The van der Waals surface area contributed by atoms with E-state index in [1.54, 1.807) is 17.0 Å². The molecule has 2 amide bonds. The maximum atomic E-state index is 13.3. The molecule has 1 aliphatic rings. The summed E-state index contributed by atoms with van der Waals surface area (Å²) in [5, 5.41) is 2.93. The number of piperidine rings is 1. The van der Waals surface area contributed by atoms with E-state index in [9.17, 15) is 22.4 Å². The van der Waals surface area contributed by atoms with Crippen LogP contribution in [0.1, 0.15) is 49.0 Å². The van der Waals surface area contributed by atoms with E-state index in [0.29, 0.717) is 37.9 Å². The molecule has 1 aliphatic heterocycles. The van der Waals surface area contributed by atoms with E-state index < -0.39 is 21.9 Å². The number of hydrogen-bond acceptors (Lipinski definition) is 4. The Balaban J connectivity index is 1.61. The number of benzene rings is 2. The van der Waals surface area contributed by atoms with E-state index in [-0.39, 0.29) is 28.7 Å². The topological polar surface area (TPSA) is 95.6 Å². The highest BCUT2D eigenvalue weighted by Gasteiger charge is 2.32. The Labute approximate surface area is 200 Å². The zero-order chi connectivity index (χ0) is 24.9. The molecule has 1 fully saturated rings. The number of carbonyl (C=O) groups is 2. The van der Waals surface area contributed by atoms with Crippen LogP contribution in [0.4, 0.5) is 4.39 Å². The molecule has 1 atom stereocenters. The molecule has 0 spiro atoms. The van der Waals surface area contributed by atoms with Crippen molar-refractivity contribution in [1.29, 1.82) is 0 Å². The molecular weight excluding hydrogens is 457 g/mol. The molecular formula is C25H32FN3O4S. The molecule has 0 radical (unpaired) electrons. The second-order valence-corrected chi connectivity index (χ2v) is 10.9. The van der Waals surface area contributed by atoms with Crippen molar-refractivity contribution in [3.8, 4) is 0 Å². The van der Waals surface area contributed by atoms with Crippen molar-refractivity contribution in [3.63, 3.8) is 0 Å². The van der Waals surface area contributed by atoms with Gasteiger partial charge in [0.15, 0.2) is 0 Å². The van der Waals surface area contributed by atoms with Crippen molar-refractivity contribution in [3.05, 3.63) is 65.5 Å². The molecule has 0 bridgehead atoms. The Kier molecular flexibility index (Phi) is 8.43. The Bertz CT molecular complexity index is 1090. The molecule has 1 unspecified atom stereocenters. The number of carbonyl (C=O) groups excluding carboxylic acids is 2. The van der Waals surface area contributed by atoms with Gasteiger partial charge in [-0.2, -0.15) is 4.72 Å². The van der Waals surface area contributed by atoms with Gasteiger partial charge in [-0.05, 0) is 68.5 Å². The summed E-state index contributed by atoms with van der Waals surface area (Å²) in [5.74, 6) is -0.833. The van der Waals surface area contributed by atoms with Gasteiger partial charge >= 0.3 is 0 Å². The average Bonchev–Trinajstić information content (AvgIpc) is 2.79. The van der Waals surface area contributed by atoms with E-state index in [2.05, 4.69) is 10.0 Å². The number of halogens is 1. The van der Waals surface area contributed by atoms with Gasteiger partial charge in [0, 0.05) is 24.7 Å². The lowest BCUT2D eigenvalue weighted by atomic mass is 10.00. The summed E-state index contributed by atoms with van der Waals surface area (Å²) in [4.78, 5) is 27.4. The number of aryl methyl sites for hydroxylation is 1. The summed E-state index contributed by atoms with van der Waals surface area (Å²) < 4.78 is 41.5. The molecule has 2 aromatic rings. The van der Waals surface area contributed by atoms with Gasteiger partial charge in [0.1, 0.15) is 11.9 Å². The number of nitrogens with zero attached hydrogens (tertiary/aromatic N) is 1. The molecule has 9 heteroatoms. The molecule has 3 rings (SSSR count). The normalized spacial score (nSPS) is 15.9. The number of hydrogen-bond donors (Lipinski definition) is 2. The molecule has 1 heterocycles. The maximum Gasteiger partial charge on any atom is 0.251 e. The molecule has 2 aromatic carbocycles. The third kappa shape index (κ3) is 6.87. The molecule has 7 nitrogen and oxygen atoms in total. The SMILES string of the molecule is Cc1ccc(S(=O)(=O)NC(CC(C)C)C(=O)N2CCC(NC(=O)c3ccc(F)cc3)CC2)cc1. The maximum absolute atomic E-state index is 13.3. The Hall–Kier alpha value is -2.78. The molecule has 0 saturated carbocycles. The summed E-state index contributed by atoms with van der Waals surface area (Å²) in [6, 6.07) is 10.9. The van der Waals surface area contributed by atoms with Crippen LogP contribution < -0.4 is 10.0 Å². The third-order valence-electron chi connectivity index (χ3n) is 5.88. The van der Waals surface area contributed by atoms with Crippen LogP contribution >= 0.6 is 0 Å². The van der Waals surface area contributed by atoms with Gasteiger partial charge < -0.3 is 10.2 Å². The fraction of sp³-hybridized carbons (Fsp3) is 0.440. The molecule has 0 aromatic heterocycles. The zero-order valence-corrected chi connectivity index (χ0v) is 20.6. The minimum absolute atomic E-state index is 0.113. The highest BCUT2D eigenvalue weighted by molar-refractivity contribution is 7.89. The van der Waals surface area contributed by atoms with Crippen LogP contribution in [0.2, 0.25) is 0 Å². The predicted molar refractivity (Wildman–Crippen MR) is 128 cm³/mol. The number of nitrogens with one attached hydrogen (secondary N) is 2. The summed E-state index contributed by atoms with van der Waals surface area (Å²) in [6.45, 7) is 6.58. The first kappa shape index (κ1) is 25.8. The first-order chi connectivity index (χ1) is 16.0. The van der Waals surface area contributed by atoms with Gasteiger partial charge in [0.05, 0.1) is 4.90 Å². The van der Waals surface area contributed by atoms with E-state index in [1.807, 2.05) is 20.8 Å². The number of amides is 2. The van der Waals surface area contributed by atoms with Gasteiger partial charge in [-0.25, -0.2) is 12.8 Å². The van der Waals surface area contributed by atoms with E-state index in [4.69, 9.17) is 0 Å². The smallest absolute Gasteiger partial charge is 0.251 e. The van der Waals surface area contributed by atoms with Crippen LogP contribution in [0.3, 0.4) is 0 Å². The number of likely N-dealkylation sites (tertiary alicyclic amines) is 1. The van der Waals surface area contributed by atoms with E-state index in [0.717, 1.165) is 5.56 Å². The quantitative estimate of drug-likeness (QED) is 0.595. The summed E-state index contributed by atoms with van der Waals surface area (Å²) in [7, 11) is -3.85. The van der Waals surface area contributed by atoms with Crippen molar-refractivity contribution >= 4 is 21.8 Å². The lowest BCUT2D eigenvalue weighted by Crippen LogP contribution is -2.53. The van der Waals surface area contributed by atoms with Crippen LogP contribution in [0.5, 0.6) is 0 Å². The first-order valence-corrected chi connectivity index (χ1v) is 13.0. The van der Waals surface area contributed by atoms with Crippen LogP contribution in [-0.2, 0) is 14.8 Å². The standard InChI is InChI=1S/C25H32FN3O4S/c1-17(2)16-23(28-34(32,33)22-10-4-18(3)5-11-22)25(31)29-14-12-21(13-15-29)27-24(30)19-6-8-20(26)9-7-19/h4-11,17,21,23,28H,12-16H2,1-3H3,(H,27,30). The third-order valence-corrected chi connectivity index (χ3v) is 7.37. The molecule has 2 N–H and O–H groups in total. The van der Waals surface area contributed by atoms with Crippen LogP contribution in [-0.4, -0.2) is 50.3 Å². The summed E-state index contributed by atoms with van der Waals surface area (Å²) >= 11 is 0. The molecule has 0 aliphatic carbocycles. The van der Waals surface area contributed by atoms with Gasteiger partial charge in [-0.3, -0.25) is 9.59 Å². The predicted octanol–water partition coefficient (Wildman–Crippen LogP) is 3.25. The van der Waals surface area contributed by atoms with Crippen molar-refractivity contribution in [1.82, 2.24) is 14.9 Å². The number of rotatable bonds is 8. The van der Waals surface area contributed by atoms with Crippen molar-refractivity contribution in [2.45, 2.75) is 57.0 Å². The van der Waals surface area contributed by atoms with Crippen LogP contribution in [0.25, 0.3) is 0 Å². The van der Waals surface area contributed by atoms with Crippen LogP contribution in [0.15, 0.2) is 53.4 Å². The Morgan fingerprint density at radius 1 is 1.03 bits per heavy atom. The lowest BCUT2D eigenvalue weighted by molar-refractivity contribution is -0.134. The highest BCUT2D eigenvalue weighted by atomic mass is 32.2. The fourth-order valence-corrected chi connectivity index (χ4v) is 5.18. The summed E-state index contributed by atoms with van der Waals surface area (Å²) in [6.07, 6.45) is 1.49. The first-order valence-electron chi connectivity index (χ1n) is 11.5. The monoisotopic (exact) mass is 489 g/mol. The minimum atomic E-state index is -3.85. The fourth-order valence-electron chi connectivity index (χ4n) is 3.98. The second kappa shape index (κ2) is 11.1. The van der Waals surface area contributed by atoms with Gasteiger partial charge in [-0.1, -0.05) is 31.5 Å². The molecule has 34 heavy (non-hydrogen) atoms. The van der Waals surface area contributed by atoms with Crippen molar-refractivity contribution in [2.75, 3.05) is 13.1 Å². The van der Waals surface area contributed by atoms with Gasteiger partial charge in [0.2, 0.25) is 15.9 Å². The average molecular weight is 490 g/mol. The highest BCUT2D eigenvalue weighted by Crippen LogP contribution is 2.18. The number of sulfonamides is 1. The Morgan fingerprint density at radius 2 is 1.62 bits per heavy atom. The van der Waals surface area contributed by atoms with Gasteiger partial charge in [-0.15, -0.1) is 0 Å². The largest absolute Gasteiger partial charge is 0.349 e. The van der Waals surface area contributed by atoms with Crippen LogP contribution in [0, 0.1) is 18.7 Å². The Morgan fingerprint density at radius 3 is 2.18 bits per heavy atom. The summed E-state index contributed by atoms with van der Waals surface area (Å²) in [5.41, 5.74) is 1.32. The van der Waals surface area contributed by atoms with E-state index in [1.165, 1.54) is 36.4 Å². The lowest BCUT2D eigenvalue weighted by Gasteiger charge is -2.35. The molecule has 184 valence electrons. The minimum Gasteiger partial charge on any atom is -0.349 e. The second-order valence-electron chi connectivity index (χ2n) is 9.20. The van der Waals surface area contributed by atoms with Crippen molar-refractivity contribution in [2.24, 2.45) is 5.92 Å².